The van der Waals surface area contributed by atoms with Crippen LogP contribution in [0.25, 0.3) is 6.08 Å². The fourth-order valence-electron chi connectivity index (χ4n) is 2.84. The van der Waals surface area contributed by atoms with Gasteiger partial charge in [0.15, 0.2) is 0 Å². The molecule has 2 aromatic carbocycles. The average molecular weight is 517 g/mol. The SMILES string of the molecule is CC.CCC(C)Oc1cc(C(F)(F)F)ccc1/C=C/C(=O)NC(C)Cc1cc(F)cc(F)c1.CNC. The van der Waals surface area contributed by atoms with Gasteiger partial charge in [0.2, 0.25) is 5.91 Å². The van der Waals surface area contributed by atoms with Crippen molar-refractivity contribution in [2.75, 3.05) is 14.1 Å². The molecule has 0 radical (unpaired) electrons. The Bertz CT molecular complexity index is 941. The second-order valence-electron chi connectivity index (χ2n) is 7.81. The molecule has 9 heteroatoms. The molecular formula is C27H37F5N2O2. The molecule has 4 nitrogen and oxygen atoms in total. The van der Waals surface area contributed by atoms with Crippen molar-refractivity contribution in [1.29, 1.82) is 0 Å². The van der Waals surface area contributed by atoms with Gasteiger partial charge in [-0.05, 0) is 76.7 Å². The Hall–Kier alpha value is -2.94. The maximum Gasteiger partial charge on any atom is 0.416 e. The summed E-state index contributed by atoms with van der Waals surface area (Å²) in [5.74, 6) is -1.88. The zero-order valence-corrected chi connectivity index (χ0v) is 21.9. The molecule has 0 aromatic heterocycles. The number of hydrogen-bond donors (Lipinski definition) is 2. The number of nitrogens with one attached hydrogen (secondary N) is 2. The number of ether oxygens (including phenoxy) is 1. The smallest absolute Gasteiger partial charge is 0.416 e. The van der Waals surface area contributed by atoms with Gasteiger partial charge in [0.05, 0.1) is 11.7 Å². The van der Waals surface area contributed by atoms with E-state index in [1.54, 1.807) is 13.8 Å². The first-order valence-electron chi connectivity index (χ1n) is 11.8. The van der Waals surface area contributed by atoms with Gasteiger partial charge in [-0.15, -0.1) is 0 Å². The monoisotopic (exact) mass is 516 g/mol. The van der Waals surface area contributed by atoms with Crippen molar-refractivity contribution in [3.63, 3.8) is 0 Å². The summed E-state index contributed by atoms with van der Waals surface area (Å²) in [5.41, 5.74) is -0.132. The largest absolute Gasteiger partial charge is 0.490 e. The lowest BCUT2D eigenvalue weighted by Crippen LogP contribution is -2.32. The Balaban J connectivity index is 0.00000227. The lowest BCUT2D eigenvalue weighted by molar-refractivity contribution is -0.137. The summed E-state index contributed by atoms with van der Waals surface area (Å²) in [7, 11) is 3.75. The second-order valence-corrected chi connectivity index (χ2v) is 7.81. The van der Waals surface area contributed by atoms with Crippen LogP contribution in [0.1, 0.15) is 57.7 Å². The fraction of sp³-hybridized carbons (Fsp3) is 0.444. The molecule has 0 bridgehead atoms. The maximum atomic E-state index is 13.3. The zero-order chi connectivity index (χ0) is 27.9. The molecule has 0 aliphatic heterocycles. The molecule has 0 aliphatic rings. The molecule has 2 unspecified atom stereocenters. The van der Waals surface area contributed by atoms with Crippen molar-refractivity contribution < 1.29 is 31.5 Å². The van der Waals surface area contributed by atoms with Crippen LogP contribution in [0.4, 0.5) is 22.0 Å². The van der Waals surface area contributed by atoms with Gasteiger partial charge in [-0.25, -0.2) is 8.78 Å². The van der Waals surface area contributed by atoms with Crippen LogP contribution in [0.5, 0.6) is 5.75 Å². The summed E-state index contributed by atoms with van der Waals surface area (Å²) in [5, 5.41) is 5.40. The van der Waals surface area contributed by atoms with E-state index in [0.717, 1.165) is 18.2 Å². The zero-order valence-electron chi connectivity index (χ0n) is 21.9. The lowest BCUT2D eigenvalue weighted by atomic mass is 10.1. The number of alkyl halides is 3. The van der Waals surface area contributed by atoms with Gasteiger partial charge >= 0.3 is 6.18 Å². The van der Waals surface area contributed by atoms with Gasteiger partial charge in [0, 0.05) is 23.7 Å². The topological polar surface area (TPSA) is 50.4 Å². The van der Waals surface area contributed by atoms with Gasteiger partial charge < -0.3 is 15.4 Å². The summed E-state index contributed by atoms with van der Waals surface area (Å²) < 4.78 is 71.2. The first-order valence-corrected chi connectivity index (χ1v) is 11.8. The molecule has 202 valence electrons. The van der Waals surface area contributed by atoms with Crippen LogP contribution >= 0.6 is 0 Å². The Morgan fingerprint density at radius 1 is 1.03 bits per heavy atom. The van der Waals surface area contributed by atoms with Gasteiger partial charge in [-0.2, -0.15) is 13.2 Å². The molecule has 0 saturated carbocycles. The van der Waals surface area contributed by atoms with Crippen LogP contribution in [0, 0.1) is 11.6 Å². The Morgan fingerprint density at radius 3 is 2.08 bits per heavy atom. The molecule has 2 N–H and O–H groups in total. The van der Waals surface area contributed by atoms with Crippen LogP contribution in [-0.4, -0.2) is 32.1 Å². The summed E-state index contributed by atoms with van der Waals surface area (Å²) in [6.07, 6.45) is -1.49. The van der Waals surface area contributed by atoms with Crippen LogP contribution in [-0.2, 0) is 17.4 Å². The molecule has 0 aliphatic carbocycles. The number of amides is 1. The summed E-state index contributed by atoms with van der Waals surface area (Å²) in [6, 6.07) is 5.77. The van der Waals surface area contributed by atoms with Crippen molar-refractivity contribution >= 4 is 12.0 Å². The molecule has 2 aromatic rings. The first kappa shape index (κ1) is 33.1. The van der Waals surface area contributed by atoms with Gasteiger partial charge in [-0.3, -0.25) is 4.79 Å². The van der Waals surface area contributed by atoms with Crippen LogP contribution in [0.15, 0.2) is 42.5 Å². The highest BCUT2D eigenvalue weighted by Gasteiger charge is 2.31. The van der Waals surface area contributed by atoms with Crippen molar-refractivity contribution in [2.45, 2.75) is 65.8 Å². The molecule has 0 spiro atoms. The minimum Gasteiger partial charge on any atom is -0.490 e. The molecule has 0 heterocycles. The maximum absolute atomic E-state index is 13.3. The fourth-order valence-corrected chi connectivity index (χ4v) is 2.84. The predicted octanol–water partition coefficient (Wildman–Crippen LogP) is 6.78. The van der Waals surface area contributed by atoms with Gasteiger partial charge in [0.1, 0.15) is 17.4 Å². The average Bonchev–Trinajstić information content (AvgIpc) is 2.78. The van der Waals surface area contributed by atoms with E-state index in [1.165, 1.54) is 30.4 Å². The normalized spacial score (nSPS) is 12.6. The Kier molecular flexibility index (Phi) is 15.3. The molecule has 2 rings (SSSR count). The van der Waals surface area contributed by atoms with E-state index in [0.29, 0.717) is 17.5 Å². The molecule has 36 heavy (non-hydrogen) atoms. The van der Waals surface area contributed by atoms with E-state index in [4.69, 9.17) is 4.74 Å². The third-order valence-electron chi connectivity index (χ3n) is 4.51. The number of halogens is 5. The predicted molar refractivity (Wildman–Crippen MR) is 135 cm³/mol. The number of benzene rings is 2. The third kappa shape index (κ3) is 12.7. The number of hydrogen-bond acceptors (Lipinski definition) is 3. The van der Waals surface area contributed by atoms with Crippen LogP contribution < -0.4 is 15.4 Å². The van der Waals surface area contributed by atoms with Crippen molar-refractivity contribution in [2.24, 2.45) is 0 Å². The Labute approximate surface area is 210 Å². The van der Waals surface area contributed by atoms with Crippen LogP contribution in [0.2, 0.25) is 0 Å². The number of carbonyl (C=O) groups is 1. The molecule has 2 atom stereocenters. The molecule has 1 amide bonds. The van der Waals surface area contributed by atoms with Crippen molar-refractivity contribution in [3.05, 3.63) is 70.8 Å². The van der Waals surface area contributed by atoms with E-state index in [1.807, 2.05) is 34.9 Å². The highest BCUT2D eigenvalue weighted by Crippen LogP contribution is 2.34. The summed E-state index contributed by atoms with van der Waals surface area (Å²) in [6.45, 7) is 9.24. The quantitative estimate of drug-likeness (QED) is 0.300. The standard InChI is InChI=1S/C23H24F5NO2.C2H7N.C2H6/c1-4-15(3)31-21-12-18(23(26,27)28)7-5-17(21)6-8-22(30)29-14(2)9-16-10-19(24)13-20(25)11-16;1-3-2;1-2/h5-8,10-15H,4,9H2,1-3H3,(H,29,30);3H,1-2H3;1-2H3/b8-6+;;. The van der Waals surface area contributed by atoms with Gasteiger partial charge in [-0.1, -0.05) is 26.8 Å². The van der Waals surface area contributed by atoms with E-state index in [9.17, 15) is 26.7 Å². The van der Waals surface area contributed by atoms with Crippen LogP contribution in [0.3, 0.4) is 0 Å². The van der Waals surface area contributed by atoms with Gasteiger partial charge in [0.25, 0.3) is 0 Å². The Morgan fingerprint density at radius 2 is 1.58 bits per heavy atom. The van der Waals surface area contributed by atoms with E-state index >= 15 is 0 Å². The second kappa shape index (κ2) is 16.7. The lowest BCUT2D eigenvalue weighted by Gasteiger charge is -2.17. The summed E-state index contributed by atoms with van der Waals surface area (Å²) in [4.78, 5) is 12.2. The first-order chi connectivity index (χ1) is 16.9. The minimum atomic E-state index is -4.51. The third-order valence-corrected chi connectivity index (χ3v) is 4.51. The van der Waals surface area contributed by atoms with Crippen molar-refractivity contribution in [3.8, 4) is 5.75 Å². The van der Waals surface area contributed by atoms with Crippen molar-refractivity contribution in [1.82, 2.24) is 10.6 Å². The highest BCUT2D eigenvalue weighted by atomic mass is 19.4. The molecular weight excluding hydrogens is 479 g/mol. The minimum absolute atomic E-state index is 0.0245. The number of rotatable bonds is 8. The van der Waals surface area contributed by atoms with E-state index in [2.05, 4.69) is 10.6 Å². The number of carbonyl (C=O) groups excluding carboxylic acids is 1. The highest BCUT2D eigenvalue weighted by molar-refractivity contribution is 5.92. The molecule has 0 saturated heterocycles. The van der Waals surface area contributed by atoms with E-state index in [-0.39, 0.29) is 18.3 Å². The molecule has 0 fully saturated rings. The van der Waals surface area contributed by atoms with E-state index < -0.39 is 35.3 Å². The summed E-state index contributed by atoms with van der Waals surface area (Å²) >= 11 is 0.